The molecule has 0 aliphatic carbocycles. The minimum absolute atomic E-state index is 0.313. The molecule has 5 heteroatoms. The van der Waals surface area contributed by atoms with Crippen molar-refractivity contribution in [3.63, 3.8) is 0 Å². The van der Waals surface area contributed by atoms with E-state index in [4.69, 9.17) is 22.4 Å². The maximum atomic E-state index is 10.2. The van der Waals surface area contributed by atoms with Crippen LogP contribution in [0.3, 0.4) is 0 Å². The lowest BCUT2D eigenvalue weighted by atomic mass is 10.2. The Kier molecular flexibility index (Phi) is 2.87. The molecule has 1 heterocycles. The van der Waals surface area contributed by atoms with Crippen molar-refractivity contribution in [2.45, 2.75) is 0 Å². The van der Waals surface area contributed by atoms with Gasteiger partial charge in [-0.3, -0.25) is 4.98 Å². The zero-order valence-corrected chi connectivity index (χ0v) is 7.32. The van der Waals surface area contributed by atoms with Crippen LogP contribution in [0.25, 0.3) is 6.08 Å². The SMILES string of the molecule is Nc1c(Cl)cncc1/C=C/C(=O)O. The Labute approximate surface area is 79.7 Å². The van der Waals surface area contributed by atoms with Crippen LogP contribution >= 0.6 is 11.6 Å². The molecule has 3 N–H and O–H groups in total. The number of hydrogen-bond acceptors (Lipinski definition) is 3. The number of rotatable bonds is 2. The molecule has 0 spiro atoms. The Morgan fingerprint density at radius 3 is 2.92 bits per heavy atom. The highest BCUT2D eigenvalue weighted by Gasteiger charge is 2.00. The van der Waals surface area contributed by atoms with Crippen molar-refractivity contribution in [1.82, 2.24) is 4.98 Å². The first-order chi connectivity index (χ1) is 6.11. The van der Waals surface area contributed by atoms with Crippen molar-refractivity contribution in [3.05, 3.63) is 29.1 Å². The molecule has 1 aromatic heterocycles. The van der Waals surface area contributed by atoms with E-state index in [9.17, 15) is 4.79 Å². The van der Waals surface area contributed by atoms with Crippen LogP contribution in [-0.2, 0) is 4.79 Å². The van der Waals surface area contributed by atoms with E-state index in [1.165, 1.54) is 18.5 Å². The quantitative estimate of drug-likeness (QED) is 0.705. The molecular weight excluding hydrogens is 192 g/mol. The molecule has 0 aliphatic rings. The van der Waals surface area contributed by atoms with Crippen LogP contribution in [0.2, 0.25) is 5.02 Å². The van der Waals surface area contributed by atoms with E-state index >= 15 is 0 Å². The third kappa shape index (κ3) is 2.45. The highest BCUT2D eigenvalue weighted by molar-refractivity contribution is 6.33. The first-order valence-corrected chi connectivity index (χ1v) is 3.79. The van der Waals surface area contributed by atoms with Crippen LogP contribution in [0.4, 0.5) is 5.69 Å². The van der Waals surface area contributed by atoms with E-state index in [2.05, 4.69) is 4.98 Å². The fourth-order valence-corrected chi connectivity index (χ4v) is 0.919. The van der Waals surface area contributed by atoms with Crippen molar-refractivity contribution in [2.75, 3.05) is 5.73 Å². The van der Waals surface area contributed by atoms with Crippen molar-refractivity contribution in [3.8, 4) is 0 Å². The minimum atomic E-state index is -1.04. The maximum Gasteiger partial charge on any atom is 0.328 e. The summed E-state index contributed by atoms with van der Waals surface area (Å²) in [7, 11) is 0. The van der Waals surface area contributed by atoms with Gasteiger partial charge >= 0.3 is 5.97 Å². The number of nitrogen functional groups attached to an aromatic ring is 1. The topological polar surface area (TPSA) is 76.2 Å². The van der Waals surface area contributed by atoms with Crippen LogP contribution in [0.5, 0.6) is 0 Å². The van der Waals surface area contributed by atoms with E-state index in [1.54, 1.807) is 0 Å². The molecular formula is C8H7ClN2O2. The molecule has 0 aliphatic heterocycles. The standard InChI is InChI=1S/C8H7ClN2O2/c9-6-4-11-3-5(8(6)10)1-2-7(12)13/h1-4H,(H2,10,11)(H,12,13)/b2-1+. The molecule has 68 valence electrons. The van der Waals surface area contributed by atoms with Gasteiger partial charge in [-0.15, -0.1) is 0 Å². The molecule has 1 rings (SSSR count). The number of aromatic nitrogens is 1. The number of nitrogens with zero attached hydrogens (tertiary/aromatic N) is 1. The van der Waals surface area contributed by atoms with Gasteiger partial charge in [0.1, 0.15) is 0 Å². The van der Waals surface area contributed by atoms with Gasteiger partial charge in [0, 0.05) is 24.0 Å². The van der Waals surface area contributed by atoms with Gasteiger partial charge in [0.2, 0.25) is 0 Å². The number of carbonyl (C=O) groups is 1. The molecule has 0 saturated carbocycles. The number of pyridine rings is 1. The zero-order valence-electron chi connectivity index (χ0n) is 6.57. The van der Waals surface area contributed by atoms with Crippen LogP contribution in [0.15, 0.2) is 18.5 Å². The van der Waals surface area contributed by atoms with E-state index in [0.29, 0.717) is 16.3 Å². The third-order valence-corrected chi connectivity index (χ3v) is 1.68. The first kappa shape index (κ1) is 9.54. The molecule has 0 atom stereocenters. The highest BCUT2D eigenvalue weighted by atomic mass is 35.5. The van der Waals surface area contributed by atoms with Crippen molar-refractivity contribution in [1.29, 1.82) is 0 Å². The second-order valence-electron chi connectivity index (χ2n) is 2.30. The molecule has 0 amide bonds. The zero-order chi connectivity index (χ0) is 9.84. The summed E-state index contributed by atoms with van der Waals surface area (Å²) in [4.78, 5) is 14.0. The fraction of sp³-hybridized carbons (Fsp3) is 0. The second-order valence-corrected chi connectivity index (χ2v) is 2.70. The Balaban J connectivity index is 3.02. The van der Waals surface area contributed by atoms with Crippen LogP contribution in [-0.4, -0.2) is 16.1 Å². The average molecular weight is 199 g/mol. The highest BCUT2D eigenvalue weighted by Crippen LogP contribution is 2.21. The summed E-state index contributed by atoms with van der Waals surface area (Å²) in [5.74, 6) is -1.04. The predicted octanol–water partition coefficient (Wildman–Crippen LogP) is 1.42. The summed E-state index contributed by atoms with van der Waals surface area (Å²) in [5, 5.41) is 8.67. The van der Waals surface area contributed by atoms with Gasteiger partial charge in [-0.2, -0.15) is 0 Å². The summed E-state index contributed by atoms with van der Waals surface area (Å²) in [6.07, 6.45) is 5.16. The smallest absolute Gasteiger partial charge is 0.328 e. The molecule has 0 radical (unpaired) electrons. The predicted molar refractivity (Wildman–Crippen MR) is 50.3 cm³/mol. The van der Waals surface area contributed by atoms with Gasteiger partial charge in [0.15, 0.2) is 0 Å². The van der Waals surface area contributed by atoms with Crippen LogP contribution < -0.4 is 5.73 Å². The Bertz CT molecular complexity index is 363. The number of hydrogen-bond donors (Lipinski definition) is 2. The van der Waals surface area contributed by atoms with Crippen molar-refractivity contribution in [2.24, 2.45) is 0 Å². The average Bonchev–Trinajstić information content (AvgIpc) is 2.07. The monoisotopic (exact) mass is 198 g/mol. The van der Waals surface area contributed by atoms with E-state index in [0.717, 1.165) is 6.08 Å². The lowest BCUT2D eigenvalue weighted by Crippen LogP contribution is -1.93. The maximum absolute atomic E-state index is 10.2. The summed E-state index contributed by atoms with van der Waals surface area (Å²) in [5.41, 5.74) is 6.38. The number of halogens is 1. The van der Waals surface area contributed by atoms with Crippen LogP contribution in [0.1, 0.15) is 5.56 Å². The van der Waals surface area contributed by atoms with Gasteiger partial charge in [-0.25, -0.2) is 4.79 Å². The second kappa shape index (κ2) is 3.91. The number of aliphatic carboxylic acids is 1. The molecule has 0 unspecified atom stereocenters. The van der Waals surface area contributed by atoms with E-state index < -0.39 is 5.97 Å². The Morgan fingerprint density at radius 2 is 2.31 bits per heavy atom. The number of anilines is 1. The van der Waals surface area contributed by atoms with Crippen molar-refractivity contribution >= 4 is 29.3 Å². The van der Waals surface area contributed by atoms with Gasteiger partial charge in [0.25, 0.3) is 0 Å². The Morgan fingerprint density at radius 1 is 1.62 bits per heavy atom. The lowest BCUT2D eigenvalue weighted by molar-refractivity contribution is -0.131. The van der Waals surface area contributed by atoms with Crippen molar-refractivity contribution < 1.29 is 9.90 Å². The summed E-state index contributed by atoms with van der Waals surface area (Å²) in [6, 6.07) is 0. The molecule has 4 nitrogen and oxygen atoms in total. The number of carboxylic acid groups (broad SMARTS) is 1. The van der Waals surface area contributed by atoms with Gasteiger partial charge in [-0.1, -0.05) is 11.6 Å². The third-order valence-electron chi connectivity index (χ3n) is 1.38. The molecule has 0 bridgehead atoms. The van der Waals surface area contributed by atoms with Gasteiger partial charge in [0.05, 0.1) is 10.7 Å². The molecule has 1 aromatic rings. The van der Waals surface area contributed by atoms with E-state index in [-0.39, 0.29) is 0 Å². The molecule has 13 heavy (non-hydrogen) atoms. The van der Waals surface area contributed by atoms with Gasteiger partial charge in [-0.05, 0) is 6.08 Å². The largest absolute Gasteiger partial charge is 0.478 e. The molecule has 0 aromatic carbocycles. The van der Waals surface area contributed by atoms with Crippen LogP contribution in [0, 0.1) is 0 Å². The number of nitrogens with two attached hydrogens (primary N) is 1. The Hall–Kier alpha value is -1.55. The normalized spacial score (nSPS) is 10.5. The molecule has 0 fully saturated rings. The van der Waals surface area contributed by atoms with E-state index in [1.807, 2.05) is 0 Å². The lowest BCUT2D eigenvalue weighted by Gasteiger charge is -1.99. The summed E-state index contributed by atoms with van der Waals surface area (Å²) in [6.45, 7) is 0. The summed E-state index contributed by atoms with van der Waals surface area (Å²) >= 11 is 5.66. The molecule has 0 saturated heterocycles. The fourth-order valence-electron chi connectivity index (χ4n) is 0.754. The first-order valence-electron chi connectivity index (χ1n) is 3.41. The summed E-state index contributed by atoms with van der Waals surface area (Å²) < 4.78 is 0. The minimum Gasteiger partial charge on any atom is -0.478 e. The number of carboxylic acids is 1. The van der Waals surface area contributed by atoms with Gasteiger partial charge < -0.3 is 10.8 Å².